The molecule has 0 saturated carbocycles. The van der Waals surface area contributed by atoms with Gasteiger partial charge in [-0.2, -0.15) is 0 Å². The molecule has 0 radical (unpaired) electrons. The molecule has 0 aliphatic carbocycles. The summed E-state index contributed by atoms with van der Waals surface area (Å²) in [7, 11) is -8.93. The van der Waals surface area contributed by atoms with Gasteiger partial charge in [0.15, 0.2) is 12.1 Å². The van der Waals surface area contributed by atoms with Gasteiger partial charge in [0.1, 0.15) is 26.4 Å². The van der Waals surface area contributed by atoms with E-state index in [-0.39, 0.29) is 66.1 Å². The zero-order valence-electron chi connectivity index (χ0n) is 36.6. The lowest BCUT2D eigenvalue weighted by Gasteiger charge is -2.22. The van der Waals surface area contributed by atoms with Crippen molar-refractivity contribution in [2.75, 3.05) is 66.1 Å². The first kappa shape index (κ1) is 55.9. The van der Waals surface area contributed by atoms with Gasteiger partial charge in [-0.25, -0.2) is 18.7 Å². The molecule has 25 heteroatoms. The molecule has 4 aromatic rings. The molecule has 0 bridgehead atoms. The standard InChI is InChI=1S/C44H48Cl4N2O17P2/c45-35-9-1-31(2-10-35)23-62-68(55,63-24-32-3-11-36(46)12-4-32)66-27-39-43(53)60-21-19-57-20-22-61-44(54)40(50-42(52)30-59-18-17-58-29-41(51)49-39)28-67-69(56,64-25-33-5-13-37(47)14-6-33)65-26-34-7-15-38(48)16-8-34/h1-16,39-40H,17-30H2,(H,49,51)(H,50,52)/t39-,40-/m0/s1. The van der Waals surface area contributed by atoms with Gasteiger partial charge in [-0.05, 0) is 70.8 Å². The molecule has 1 aliphatic heterocycles. The minimum Gasteiger partial charge on any atom is -0.462 e. The first-order chi connectivity index (χ1) is 33.2. The van der Waals surface area contributed by atoms with Crippen molar-refractivity contribution in [3.8, 4) is 0 Å². The number of hydrogen-bond donors (Lipinski definition) is 2. The van der Waals surface area contributed by atoms with Crippen LogP contribution in [-0.2, 0) is 106 Å². The van der Waals surface area contributed by atoms with Crippen molar-refractivity contribution in [2.24, 2.45) is 0 Å². The molecule has 1 aliphatic rings. The second-order valence-electron chi connectivity index (χ2n) is 14.4. The molecule has 2 N–H and O–H groups in total. The van der Waals surface area contributed by atoms with E-state index in [9.17, 15) is 28.3 Å². The molecular weight excluding hydrogens is 1030 g/mol. The van der Waals surface area contributed by atoms with Crippen LogP contribution in [0, 0.1) is 0 Å². The Balaban J connectivity index is 1.19. The van der Waals surface area contributed by atoms with E-state index in [4.69, 9.17) is 97.2 Å². The minimum atomic E-state index is -4.46. The number of ether oxygens (including phenoxy) is 5. The number of amides is 2. The van der Waals surface area contributed by atoms with Crippen LogP contribution in [0.5, 0.6) is 0 Å². The second-order valence-corrected chi connectivity index (χ2v) is 19.5. The molecule has 2 atom stereocenters. The van der Waals surface area contributed by atoms with Gasteiger partial charge in [-0.15, -0.1) is 0 Å². The molecule has 2 amide bonds. The summed E-state index contributed by atoms with van der Waals surface area (Å²) in [5.74, 6) is -3.61. The molecule has 1 saturated heterocycles. The molecule has 1 fully saturated rings. The van der Waals surface area contributed by atoms with Gasteiger partial charge in [-0.1, -0.05) is 94.9 Å². The highest BCUT2D eigenvalue weighted by molar-refractivity contribution is 7.48. The Hall–Kier alpha value is -3.98. The smallest absolute Gasteiger partial charge is 0.462 e. The molecule has 374 valence electrons. The largest absolute Gasteiger partial charge is 0.475 e. The molecule has 0 spiro atoms. The summed E-state index contributed by atoms with van der Waals surface area (Å²) in [5, 5.41) is 6.70. The fraction of sp³-hybridized carbons (Fsp3) is 0.364. The van der Waals surface area contributed by atoms with Crippen LogP contribution in [0.2, 0.25) is 20.1 Å². The Bertz CT molecular complexity index is 2080. The number of hydrogen-bond acceptors (Lipinski definition) is 17. The third-order valence-electron chi connectivity index (χ3n) is 9.03. The third kappa shape index (κ3) is 21.5. The van der Waals surface area contributed by atoms with Gasteiger partial charge in [0.05, 0.1) is 66.1 Å². The van der Waals surface area contributed by atoms with Crippen molar-refractivity contribution < 1.29 is 79.1 Å². The summed E-state index contributed by atoms with van der Waals surface area (Å²) >= 11 is 24.0. The Labute approximate surface area is 417 Å². The zero-order valence-corrected chi connectivity index (χ0v) is 41.5. The van der Waals surface area contributed by atoms with Crippen molar-refractivity contribution in [1.82, 2.24) is 10.6 Å². The summed E-state index contributed by atoms with van der Waals surface area (Å²) < 4.78 is 88.4. The highest BCUT2D eigenvalue weighted by atomic mass is 35.5. The second kappa shape index (κ2) is 29.4. The minimum absolute atomic E-state index is 0.205. The van der Waals surface area contributed by atoms with Crippen LogP contribution in [0.1, 0.15) is 22.3 Å². The van der Waals surface area contributed by atoms with E-state index in [0.717, 1.165) is 0 Å². The van der Waals surface area contributed by atoms with Gasteiger partial charge in [0.2, 0.25) is 11.8 Å². The lowest BCUT2D eigenvalue weighted by atomic mass is 10.2. The maximum absolute atomic E-state index is 14.0. The van der Waals surface area contributed by atoms with E-state index in [1.807, 2.05) is 0 Å². The number of carbonyl (C=O) groups excluding carboxylic acids is 4. The number of nitrogens with one attached hydrogen (secondary N) is 2. The molecule has 0 unspecified atom stereocenters. The average molecular weight is 1080 g/mol. The quantitative estimate of drug-likeness (QED) is 0.0714. The van der Waals surface area contributed by atoms with E-state index in [1.54, 1.807) is 97.1 Å². The maximum Gasteiger partial charge on any atom is 0.475 e. The van der Waals surface area contributed by atoms with E-state index >= 15 is 0 Å². The maximum atomic E-state index is 14.0. The van der Waals surface area contributed by atoms with Crippen molar-refractivity contribution in [1.29, 1.82) is 0 Å². The number of rotatable bonds is 18. The van der Waals surface area contributed by atoms with Crippen LogP contribution in [0.3, 0.4) is 0 Å². The highest BCUT2D eigenvalue weighted by Crippen LogP contribution is 2.52. The van der Waals surface area contributed by atoms with Gasteiger partial charge in [0, 0.05) is 20.1 Å². The number of cyclic esters (lactones) is 2. The van der Waals surface area contributed by atoms with E-state index < -0.39 is 77.9 Å². The van der Waals surface area contributed by atoms with Crippen molar-refractivity contribution in [3.05, 3.63) is 139 Å². The van der Waals surface area contributed by atoms with Crippen LogP contribution in [0.15, 0.2) is 97.1 Å². The van der Waals surface area contributed by atoms with Crippen LogP contribution in [0.25, 0.3) is 0 Å². The summed E-state index contributed by atoms with van der Waals surface area (Å²) in [6, 6.07) is 22.9. The van der Waals surface area contributed by atoms with E-state index in [0.29, 0.717) is 42.3 Å². The normalized spacial score (nSPS) is 17.7. The number of halogens is 4. The van der Waals surface area contributed by atoms with Crippen LogP contribution >= 0.6 is 62.0 Å². The van der Waals surface area contributed by atoms with Crippen LogP contribution in [-0.4, -0.2) is 102 Å². The average Bonchev–Trinajstić information content (AvgIpc) is 3.34. The monoisotopic (exact) mass is 1080 g/mol. The van der Waals surface area contributed by atoms with Crippen LogP contribution in [0.4, 0.5) is 0 Å². The molecular formula is C44H48Cl4N2O17P2. The molecule has 0 aromatic heterocycles. The number of benzene rings is 4. The lowest BCUT2D eigenvalue weighted by molar-refractivity contribution is -0.152. The van der Waals surface area contributed by atoms with Gasteiger partial charge < -0.3 is 34.3 Å². The van der Waals surface area contributed by atoms with E-state index in [1.165, 1.54) is 0 Å². The topological polar surface area (TPSA) is 228 Å². The van der Waals surface area contributed by atoms with Crippen molar-refractivity contribution in [2.45, 2.75) is 38.5 Å². The Morgan fingerprint density at radius 1 is 0.420 bits per heavy atom. The Morgan fingerprint density at radius 2 is 0.696 bits per heavy atom. The van der Waals surface area contributed by atoms with Gasteiger partial charge >= 0.3 is 27.6 Å². The van der Waals surface area contributed by atoms with Crippen LogP contribution < -0.4 is 10.6 Å². The third-order valence-corrected chi connectivity index (χ3v) is 12.8. The summed E-state index contributed by atoms with van der Waals surface area (Å²) in [5.41, 5.74) is 2.30. The number of carbonyl (C=O) groups is 4. The van der Waals surface area contributed by atoms with Gasteiger partial charge in [0.25, 0.3) is 0 Å². The molecule has 4 aromatic carbocycles. The molecule has 5 rings (SSSR count). The first-order valence-corrected chi connectivity index (χ1v) is 25.3. The van der Waals surface area contributed by atoms with E-state index in [2.05, 4.69) is 10.6 Å². The molecule has 19 nitrogen and oxygen atoms in total. The van der Waals surface area contributed by atoms with Crippen molar-refractivity contribution >= 4 is 85.8 Å². The SMILES string of the molecule is O=C1COCCOCC(=O)N[C@@H](COP(=O)(OCc2ccc(Cl)cc2)OCc2ccc(Cl)cc2)C(=O)OCCOCCOC(=O)[C@H](COP(=O)(OCc2ccc(Cl)cc2)OCc2ccc(Cl)cc2)N1. The van der Waals surface area contributed by atoms with Crippen molar-refractivity contribution in [3.63, 3.8) is 0 Å². The fourth-order valence-corrected chi connectivity index (χ4v) is 8.30. The van der Waals surface area contributed by atoms with Gasteiger partial charge in [-0.3, -0.25) is 36.7 Å². The number of esters is 2. The first-order valence-electron chi connectivity index (χ1n) is 20.9. The molecule has 1 heterocycles. The highest BCUT2D eigenvalue weighted by Gasteiger charge is 2.34. The summed E-state index contributed by atoms with van der Waals surface area (Å²) in [6.07, 6.45) is 0. The Morgan fingerprint density at radius 3 is 0.986 bits per heavy atom. The number of phosphoric acid groups is 2. The fourth-order valence-electron chi connectivity index (χ4n) is 5.45. The number of phosphoric ester groups is 2. The predicted octanol–water partition coefficient (Wildman–Crippen LogP) is 7.84. The summed E-state index contributed by atoms with van der Waals surface area (Å²) in [6.45, 7) is -5.12. The lowest BCUT2D eigenvalue weighted by Crippen LogP contribution is -2.46. The Kier molecular flexibility index (Phi) is 23.8. The molecule has 69 heavy (non-hydrogen) atoms. The zero-order chi connectivity index (χ0) is 49.5. The predicted molar refractivity (Wildman–Crippen MR) is 250 cm³/mol. The summed E-state index contributed by atoms with van der Waals surface area (Å²) in [4.78, 5) is 52.6.